The summed E-state index contributed by atoms with van der Waals surface area (Å²) in [7, 11) is -3.66. The molecule has 110 valence electrons. The number of nitriles is 1. The van der Waals surface area contributed by atoms with Crippen molar-refractivity contribution in [1.82, 2.24) is 5.32 Å². The van der Waals surface area contributed by atoms with Gasteiger partial charge in [-0.25, -0.2) is 8.42 Å². The second kappa shape index (κ2) is 6.72. The van der Waals surface area contributed by atoms with Crippen LogP contribution in [0.2, 0.25) is 0 Å². The van der Waals surface area contributed by atoms with Crippen molar-refractivity contribution < 1.29 is 8.42 Å². The van der Waals surface area contributed by atoms with Crippen molar-refractivity contribution in [3.8, 4) is 6.07 Å². The summed E-state index contributed by atoms with van der Waals surface area (Å²) in [5, 5.41) is 12.0. The molecule has 0 amide bonds. The Morgan fingerprint density at radius 3 is 2.67 bits per heavy atom. The van der Waals surface area contributed by atoms with Gasteiger partial charge in [0.15, 0.2) is 0 Å². The van der Waals surface area contributed by atoms with Crippen LogP contribution in [0.3, 0.4) is 0 Å². The smallest absolute Gasteiger partial charge is 0.271 e. The Morgan fingerprint density at radius 2 is 2.00 bits per heavy atom. The Morgan fingerprint density at radius 1 is 1.24 bits per heavy atom. The van der Waals surface area contributed by atoms with E-state index in [4.69, 9.17) is 5.26 Å². The molecular weight excluding hydrogens is 306 g/mol. The van der Waals surface area contributed by atoms with Gasteiger partial charge in [0.05, 0.1) is 5.69 Å². The van der Waals surface area contributed by atoms with E-state index in [9.17, 15) is 8.42 Å². The molecule has 0 saturated heterocycles. The van der Waals surface area contributed by atoms with Gasteiger partial charge < -0.3 is 5.32 Å². The normalized spacial score (nSPS) is 11.0. The van der Waals surface area contributed by atoms with Gasteiger partial charge in [0.2, 0.25) is 0 Å². The fourth-order valence-corrected chi connectivity index (χ4v) is 3.96. The molecule has 0 saturated carbocycles. The maximum absolute atomic E-state index is 12.3. The highest BCUT2D eigenvalue weighted by Crippen LogP contribution is 2.25. The van der Waals surface area contributed by atoms with Crippen LogP contribution in [0.5, 0.6) is 0 Å². The molecule has 0 radical (unpaired) electrons. The minimum absolute atomic E-state index is 0.136. The van der Waals surface area contributed by atoms with Crippen molar-refractivity contribution in [2.75, 3.05) is 11.3 Å². The predicted octanol–water partition coefficient (Wildman–Crippen LogP) is 2.53. The molecule has 0 fully saturated rings. The average molecular weight is 321 g/mol. The molecule has 1 aromatic heterocycles. The van der Waals surface area contributed by atoms with Gasteiger partial charge >= 0.3 is 0 Å². The number of nitrogens with zero attached hydrogens (tertiary/aromatic N) is 1. The van der Waals surface area contributed by atoms with Crippen molar-refractivity contribution in [2.45, 2.75) is 17.7 Å². The summed E-state index contributed by atoms with van der Waals surface area (Å²) in [6.07, 6.45) is 0. The quantitative estimate of drug-likeness (QED) is 0.856. The maximum Gasteiger partial charge on any atom is 0.271 e. The number of para-hydroxylation sites is 1. The summed E-state index contributed by atoms with van der Waals surface area (Å²) in [5.74, 6) is 0. The second-order valence-corrected chi connectivity index (χ2v) is 7.27. The third-order valence-corrected chi connectivity index (χ3v) is 5.63. The zero-order valence-corrected chi connectivity index (χ0v) is 13.1. The number of hydrogen-bond donors (Lipinski definition) is 2. The lowest BCUT2D eigenvalue weighted by Gasteiger charge is -2.11. The van der Waals surface area contributed by atoms with E-state index in [0.717, 1.165) is 23.4 Å². The van der Waals surface area contributed by atoms with Crippen LogP contribution < -0.4 is 10.0 Å². The highest BCUT2D eigenvalue weighted by atomic mass is 32.2. The van der Waals surface area contributed by atoms with Crippen LogP contribution in [0, 0.1) is 11.3 Å². The van der Waals surface area contributed by atoms with E-state index < -0.39 is 10.0 Å². The number of benzene rings is 1. The van der Waals surface area contributed by atoms with E-state index in [1.54, 1.807) is 12.1 Å². The molecule has 1 heterocycles. The van der Waals surface area contributed by atoms with E-state index in [2.05, 4.69) is 10.0 Å². The summed E-state index contributed by atoms with van der Waals surface area (Å²) >= 11 is 0.956. The van der Waals surface area contributed by atoms with E-state index in [-0.39, 0.29) is 4.21 Å². The molecule has 7 heteroatoms. The highest BCUT2D eigenvalue weighted by Gasteiger charge is 2.18. The Kier molecular flexibility index (Phi) is 4.96. The third kappa shape index (κ3) is 3.82. The van der Waals surface area contributed by atoms with Crippen LogP contribution in [0.4, 0.5) is 5.69 Å². The maximum atomic E-state index is 12.3. The largest absolute Gasteiger partial charge is 0.313 e. The fourth-order valence-electron chi connectivity index (χ4n) is 1.75. The number of anilines is 1. The van der Waals surface area contributed by atoms with E-state index in [1.165, 1.54) is 12.1 Å². The highest BCUT2D eigenvalue weighted by molar-refractivity contribution is 7.94. The molecule has 2 aromatic rings. The van der Waals surface area contributed by atoms with Crippen molar-refractivity contribution in [3.63, 3.8) is 0 Å². The molecule has 0 unspecified atom stereocenters. The van der Waals surface area contributed by atoms with Gasteiger partial charge in [-0.15, -0.1) is 11.3 Å². The Hall–Kier alpha value is -1.88. The number of rotatable bonds is 6. The van der Waals surface area contributed by atoms with Crippen LogP contribution in [0.1, 0.15) is 17.4 Å². The Labute approximate surface area is 128 Å². The molecule has 0 aliphatic heterocycles. The summed E-state index contributed by atoms with van der Waals surface area (Å²) in [4.78, 5) is 0.372. The summed E-state index contributed by atoms with van der Waals surface area (Å²) < 4.78 is 27.4. The monoisotopic (exact) mass is 321 g/mol. The van der Waals surface area contributed by atoms with Crippen LogP contribution >= 0.6 is 11.3 Å². The molecule has 0 bridgehead atoms. The van der Waals surface area contributed by atoms with Gasteiger partial charge in [-0.2, -0.15) is 5.26 Å². The van der Waals surface area contributed by atoms with Crippen LogP contribution in [-0.4, -0.2) is 15.0 Å². The average Bonchev–Trinajstić information content (AvgIpc) is 2.96. The number of hydrogen-bond acceptors (Lipinski definition) is 5. The van der Waals surface area contributed by atoms with Crippen molar-refractivity contribution in [1.29, 1.82) is 5.26 Å². The minimum Gasteiger partial charge on any atom is -0.313 e. The number of nitrogens with one attached hydrogen (secondary N) is 2. The lowest BCUT2D eigenvalue weighted by Crippen LogP contribution is -2.16. The van der Waals surface area contributed by atoms with Crippen molar-refractivity contribution >= 4 is 27.0 Å². The molecule has 2 rings (SSSR count). The first-order valence-corrected chi connectivity index (χ1v) is 8.68. The molecule has 0 atom stereocenters. The Balaban J connectivity index is 2.26. The van der Waals surface area contributed by atoms with Gasteiger partial charge in [0.25, 0.3) is 10.0 Å². The van der Waals surface area contributed by atoms with E-state index >= 15 is 0 Å². The number of thiophene rings is 1. The lowest BCUT2D eigenvalue weighted by molar-refractivity contribution is 0.603. The van der Waals surface area contributed by atoms with Crippen LogP contribution in [0.15, 0.2) is 40.6 Å². The van der Waals surface area contributed by atoms with Crippen molar-refractivity contribution in [2.24, 2.45) is 0 Å². The lowest BCUT2D eigenvalue weighted by atomic mass is 10.2. The molecule has 1 aromatic carbocycles. The molecule has 0 aliphatic rings. The number of sulfonamides is 1. The van der Waals surface area contributed by atoms with Crippen LogP contribution in [-0.2, 0) is 16.6 Å². The van der Waals surface area contributed by atoms with Crippen molar-refractivity contribution in [3.05, 3.63) is 46.8 Å². The summed E-state index contributed by atoms with van der Waals surface area (Å²) in [6, 6.07) is 12.1. The minimum atomic E-state index is -3.66. The van der Waals surface area contributed by atoms with Gasteiger partial charge in [-0.3, -0.25) is 4.72 Å². The first-order chi connectivity index (χ1) is 10.1. The van der Waals surface area contributed by atoms with Gasteiger partial charge in [-0.1, -0.05) is 25.1 Å². The SMILES string of the molecule is CCNCc1ccccc1NS(=O)(=O)c1ccc(C#N)s1. The van der Waals surface area contributed by atoms with Gasteiger partial charge in [0, 0.05) is 6.54 Å². The fraction of sp³-hybridized carbons (Fsp3) is 0.214. The first kappa shape index (κ1) is 15.5. The zero-order chi connectivity index (χ0) is 15.3. The molecular formula is C14H15N3O2S2. The molecule has 2 N–H and O–H groups in total. The van der Waals surface area contributed by atoms with Gasteiger partial charge in [-0.05, 0) is 30.3 Å². The molecule has 5 nitrogen and oxygen atoms in total. The van der Waals surface area contributed by atoms with Gasteiger partial charge in [0.1, 0.15) is 15.2 Å². The third-order valence-electron chi connectivity index (χ3n) is 2.78. The molecule has 0 spiro atoms. The zero-order valence-electron chi connectivity index (χ0n) is 11.5. The summed E-state index contributed by atoms with van der Waals surface area (Å²) in [6.45, 7) is 3.38. The predicted molar refractivity (Wildman–Crippen MR) is 83.7 cm³/mol. The second-order valence-electron chi connectivity index (χ2n) is 4.27. The molecule has 0 aliphatic carbocycles. The molecule has 21 heavy (non-hydrogen) atoms. The van der Waals surface area contributed by atoms with E-state index in [1.807, 2.05) is 25.1 Å². The summed E-state index contributed by atoms with van der Waals surface area (Å²) in [5.41, 5.74) is 1.42. The Bertz CT molecular complexity index is 761. The van der Waals surface area contributed by atoms with Crippen LogP contribution in [0.25, 0.3) is 0 Å². The van der Waals surface area contributed by atoms with E-state index in [0.29, 0.717) is 17.1 Å². The topological polar surface area (TPSA) is 82.0 Å². The first-order valence-electron chi connectivity index (χ1n) is 6.38. The standard InChI is InChI=1S/C14H15N3O2S2/c1-2-16-10-11-5-3-4-6-13(11)17-21(18,19)14-8-7-12(9-15)20-14/h3-8,16-17H,2,10H2,1H3.